The molecular weight excluding hydrogens is 287 g/mol. The Labute approximate surface area is 120 Å². The van der Waals surface area contributed by atoms with Gasteiger partial charge in [-0.05, 0) is 25.1 Å². The van der Waals surface area contributed by atoms with E-state index >= 15 is 0 Å². The summed E-state index contributed by atoms with van der Waals surface area (Å²) in [5, 5.41) is 0.703. The van der Waals surface area contributed by atoms with Gasteiger partial charge in [0, 0.05) is 11.1 Å². The van der Waals surface area contributed by atoms with E-state index in [0.29, 0.717) is 40.7 Å². The Morgan fingerprint density at radius 2 is 1.63 bits per heavy atom. The highest BCUT2D eigenvalue weighted by Crippen LogP contribution is 2.34. The second kappa shape index (κ2) is 4.87. The molecule has 19 heavy (non-hydrogen) atoms. The fourth-order valence-corrected chi connectivity index (χ4v) is 2.16. The summed E-state index contributed by atoms with van der Waals surface area (Å²) in [6, 6.07) is 5.51. The van der Waals surface area contributed by atoms with Gasteiger partial charge >= 0.3 is 0 Å². The van der Waals surface area contributed by atoms with E-state index < -0.39 is 0 Å². The number of benzene rings is 1. The minimum Gasteiger partial charge on any atom is -0.486 e. The van der Waals surface area contributed by atoms with Gasteiger partial charge < -0.3 is 9.47 Å². The van der Waals surface area contributed by atoms with Crippen LogP contribution >= 0.6 is 23.2 Å². The van der Waals surface area contributed by atoms with E-state index in [2.05, 4.69) is 9.97 Å². The lowest BCUT2D eigenvalue weighted by Crippen LogP contribution is -2.15. The number of fused-ring (bicyclic) bond motifs is 1. The molecule has 2 heterocycles. The van der Waals surface area contributed by atoms with Crippen LogP contribution in [0.1, 0.15) is 5.56 Å². The summed E-state index contributed by atoms with van der Waals surface area (Å²) in [4.78, 5) is 8.45. The first-order valence-corrected chi connectivity index (χ1v) is 6.50. The van der Waals surface area contributed by atoms with Gasteiger partial charge in [0.1, 0.15) is 23.5 Å². The average Bonchev–Trinajstić information content (AvgIpc) is 2.43. The van der Waals surface area contributed by atoms with Gasteiger partial charge in [-0.1, -0.05) is 23.2 Å². The number of halogens is 2. The highest BCUT2D eigenvalue weighted by Gasteiger charge is 2.15. The summed E-state index contributed by atoms with van der Waals surface area (Å²) < 4.78 is 11.0. The van der Waals surface area contributed by atoms with Crippen molar-refractivity contribution in [2.75, 3.05) is 13.2 Å². The Bertz CT molecular complexity index is 624. The molecule has 0 saturated carbocycles. The molecule has 0 unspecified atom stereocenters. The molecule has 0 radical (unpaired) electrons. The Morgan fingerprint density at radius 3 is 2.32 bits per heavy atom. The fraction of sp³-hybridized carbons (Fsp3) is 0.231. The van der Waals surface area contributed by atoms with Crippen molar-refractivity contribution in [3.8, 4) is 22.9 Å². The SMILES string of the molecule is Cc1c(Cl)nc(-c2ccc3c(c2)OCCO3)nc1Cl. The first-order valence-electron chi connectivity index (χ1n) is 5.75. The largest absolute Gasteiger partial charge is 0.486 e. The maximum atomic E-state index is 6.02. The predicted octanol–water partition coefficient (Wildman–Crippen LogP) is 3.53. The molecule has 1 aliphatic rings. The van der Waals surface area contributed by atoms with Gasteiger partial charge in [-0.25, -0.2) is 9.97 Å². The lowest BCUT2D eigenvalue weighted by molar-refractivity contribution is 0.171. The van der Waals surface area contributed by atoms with Crippen molar-refractivity contribution in [3.63, 3.8) is 0 Å². The third kappa shape index (κ3) is 2.33. The van der Waals surface area contributed by atoms with Crippen LogP contribution in [-0.4, -0.2) is 23.2 Å². The van der Waals surface area contributed by atoms with E-state index in [1.165, 1.54) is 0 Å². The zero-order valence-electron chi connectivity index (χ0n) is 10.1. The lowest BCUT2D eigenvalue weighted by atomic mass is 10.2. The maximum absolute atomic E-state index is 6.02. The van der Waals surface area contributed by atoms with Crippen LogP contribution < -0.4 is 9.47 Å². The molecular formula is C13H10Cl2N2O2. The first kappa shape index (κ1) is 12.5. The van der Waals surface area contributed by atoms with Gasteiger partial charge in [0.05, 0.1) is 0 Å². The van der Waals surface area contributed by atoms with Gasteiger partial charge in [0.25, 0.3) is 0 Å². The smallest absolute Gasteiger partial charge is 0.162 e. The highest BCUT2D eigenvalue weighted by atomic mass is 35.5. The van der Waals surface area contributed by atoms with Crippen molar-refractivity contribution >= 4 is 23.2 Å². The predicted molar refractivity (Wildman–Crippen MR) is 73.2 cm³/mol. The van der Waals surface area contributed by atoms with Crippen LogP contribution in [0.3, 0.4) is 0 Å². The molecule has 1 aliphatic heterocycles. The molecule has 0 saturated heterocycles. The third-order valence-electron chi connectivity index (χ3n) is 2.83. The minimum atomic E-state index is 0.352. The summed E-state index contributed by atoms with van der Waals surface area (Å²) in [6.07, 6.45) is 0. The van der Waals surface area contributed by atoms with Gasteiger partial charge in [0.2, 0.25) is 0 Å². The maximum Gasteiger partial charge on any atom is 0.162 e. The van der Waals surface area contributed by atoms with E-state index in [1.54, 1.807) is 6.92 Å². The van der Waals surface area contributed by atoms with Crippen molar-refractivity contribution in [2.24, 2.45) is 0 Å². The zero-order valence-corrected chi connectivity index (χ0v) is 11.6. The molecule has 0 aliphatic carbocycles. The number of hydrogen-bond donors (Lipinski definition) is 0. The van der Waals surface area contributed by atoms with Crippen LogP contribution in [0.2, 0.25) is 10.3 Å². The third-order valence-corrected chi connectivity index (χ3v) is 3.56. The monoisotopic (exact) mass is 296 g/mol. The van der Waals surface area contributed by atoms with Crippen LogP contribution in [0.15, 0.2) is 18.2 Å². The van der Waals surface area contributed by atoms with E-state index in [9.17, 15) is 0 Å². The van der Waals surface area contributed by atoms with Crippen molar-refractivity contribution in [3.05, 3.63) is 34.1 Å². The molecule has 98 valence electrons. The molecule has 3 rings (SSSR count). The van der Waals surface area contributed by atoms with Crippen LogP contribution in [-0.2, 0) is 0 Å². The number of rotatable bonds is 1. The van der Waals surface area contributed by atoms with Gasteiger partial charge in [-0.3, -0.25) is 0 Å². The first-order chi connectivity index (χ1) is 9.15. The standard InChI is InChI=1S/C13H10Cl2N2O2/c1-7-11(14)16-13(17-12(7)15)8-2-3-9-10(6-8)19-5-4-18-9/h2-3,6H,4-5H2,1H3. The van der Waals surface area contributed by atoms with Gasteiger partial charge in [0.15, 0.2) is 17.3 Å². The van der Waals surface area contributed by atoms with Crippen LogP contribution in [0, 0.1) is 6.92 Å². The Kier molecular flexibility index (Phi) is 3.21. The van der Waals surface area contributed by atoms with Crippen molar-refractivity contribution < 1.29 is 9.47 Å². The molecule has 2 aromatic rings. The van der Waals surface area contributed by atoms with Crippen molar-refractivity contribution in [1.82, 2.24) is 9.97 Å². The summed E-state index contributed by atoms with van der Waals surface area (Å²) in [5.41, 5.74) is 1.46. The van der Waals surface area contributed by atoms with E-state index in [0.717, 1.165) is 11.3 Å². The molecule has 4 nitrogen and oxygen atoms in total. The topological polar surface area (TPSA) is 44.2 Å². The summed E-state index contributed by atoms with van der Waals surface area (Å²) >= 11 is 12.0. The number of ether oxygens (including phenoxy) is 2. The number of hydrogen-bond acceptors (Lipinski definition) is 4. The molecule has 0 bridgehead atoms. The van der Waals surface area contributed by atoms with Crippen LogP contribution in [0.4, 0.5) is 0 Å². The minimum absolute atomic E-state index is 0.352. The summed E-state index contributed by atoms with van der Waals surface area (Å²) in [7, 11) is 0. The Hall–Kier alpha value is -1.52. The van der Waals surface area contributed by atoms with Gasteiger partial charge in [-0.15, -0.1) is 0 Å². The summed E-state index contributed by atoms with van der Waals surface area (Å²) in [5.74, 6) is 1.87. The molecule has 0 spiro atoms. The number of nitrogens with zero attached hydrogens (tertiary/aromatic N) is 2. The quantitative estimate of drug-likeness (QED) is 0.755. The van der Waals surface area contributed by atoms with E-state index in [1.807, 2.05) is 18.2 Å². The second-order valence-corrected chi connectivity index (χ2v) is 4.83. The van der Waals surface area contributed by atoms with Gasteiger partial charge in [-0.2, -0.15) is 0 Å². The van der Waals surface area contributed by atoms with Crippen molar-refractivity contribution in [2.45, 2.75) is 6.92 Å². The molecule has 1 aromatic carbocycles. The zero-order chi connectivity index (χ0) is 13.4. The molecule has 0 atom stereocenters. The Balaban J connectivity index is 2.07. The molecule has 0 amide bonds. The Morgan fingerprint density at radius 1 is 1.00 bits per heavy atom. The normalized spacial score (nSPS) is 13.4. The number of aromatic nitrogens is 2. The lowest BCUT2D eigenvalue weighted by Gasteiger charge is -2.18. The molecule has 0 N–H and O–H groups in total. The van der Waals surface area contributed by atoms with E-state index in [-0.39, 0.29) is 0 Å². The fourth-order valence-electron chi connectivity index (χ4n) is 1.78. The second-order valence-electron chi connectivity index (χ2n) is 4.11. The van der Waals surface area contributed by atoms with Crippen molar-refractivity contribution in [1.29, 1.82) is 0 Å². The molecule has 6 heteroatoms. The summed E-state index contributed by atoms with van der Waals surface area (Å²) in [6.45, 7) is 2.87. The molecule has 1 aromatic heterocycles. The highest BCUT2D eigenvalue weighted by molar-refractivity contribution is 6.34. The van der Waals surface area contributed by atoms with Crippen LogP contribution in [0.25, 0.3) is 11.4 Å². The average molecular weight is 297 g/mol. The molecule has 0 fully saturated rings. The van der Waals surface area contributed by atoms with E-state index in [4.69, 9.17) is 32.7 Å². The van der Waals surface area contributed by atoms with Crippen LogP contribution in [0.5, 0.6) is 11.5 Å².